The average molecular weight is 857 g/mol. The van der Waals surface area contributed by atoms with Gasteiger partial charge in [0, 0.05) is 48.9 Å². The summed E-state index contributed by atoms with van der Waals surface area (Å²) in [4.78, 5) is 12.1. The number of halogens is 1. The number of phenolic OH excluding ortho intramolecular Hbond substituents is 9. The van der Waals surface area contributed by atoms with Gasteiger partial charge in [-0.05, 0) is 53.1 Å². The zero-order valence-corrected chi connectivity index (χ0v) is 33.9. The van der Waals surface area contributed by atoms with Crippen LogP contribution in [0.15, 0.2) is 115 Å². The number of carbonyl (C=O) groups is 1. The molecule has 11 N–H and O–H groups in total. The van der Waals surface area contributed by atoms with E-state index in [2.05, 4.69) is 6.07 Å². The molecule has 0 saturated carbocycles. The minimum atomic E-state index is -0.444. The summed E-state index contributed by atoms with van der Waals surface area (Å²) >= 11 is 0. The van der Waals surface area contributed by atoms with Gasteiger partial charge in [-0.25, -0.2) is 0 Å². The van der Waals surface area contributed by atoms with E-state index in [1.165, 1.54) is 0 Å². The molecule has 16 heteroatoms. The normalized spacial score (nSPS) is 9.67. The van der Waals surface area contributed by atoms with E-state index in [1.54, 1.807) is 57.7 Å². The molecule has 0 aliphatic rings. The number of hydrogen-bond acceptors (Lipinski definition) is 14. The van der Waals surface area contributed by atoms with Gasteiger partial charge in [0.2, 0.25) is 0 Å². The van der Waals surface area contributed by atoms with Gasteiger partial charge in [0.1, 0.15) is 80.1 Å². The van der Waals surface area contributed by atoms with Crippen LogP contribution in [0.25, 0.3) is 0 Å². The number of rotatable bonds is 10. The van der Waals surface area contributed by atoms with Crippen molar-refractivity contribution in [1.29, 1.82) is 5.26 Å². The van der Waals surface area contributed by atoms with Gasteiger partial charge in [-0.1, -0.05) is 36.4 Å². The summed E-state index contributed by atoms with van der Waals surface area (Å²) in [7, 11) is 4.76. The topological polar surface area (TPSA) is 276 Å². The van der Waals surface area contributed by atoms with E-state index in [0.717, 1.165) is 70.7 Å². The first kappa shape index (κ1) is 49.2. The van der Waals surface area contributed by atoms with Crippen molar-refractivity contribution in [2.24, 2.45) is 0 Å². The summed E-state index contributed by atoms with van der Waals surface area (Å²) in [5, 5.41) is 97.6. The van der Waals surface area contributed by atoms with Crippen LogP contribution in [-0.2, 0) is 19.3 Å². The summed E-state index contributed by atoms with van der Waals surface area (Å²) in [6, 6.07) is 31.5. The van der Waals surface area contributed by atoms with E-state index < -0.39 is 17.3 Å². The number of carbonyl (C=O) groups excluding carboxylic acids is 1. The van der Waals surface area contributed by atoms with Crippen molar-refractivity contribution in [1.82, 2.24) is 0 Å². The molecule has 0 saturated heterocycles. The van der Waals surface area contributed by atoms with Crippen LogP contribution in [0.2, 0.25) is 0 Å². The van der Waals surface area contributed by atoms with Crippen LogP contribution in [0.3, 0.4) is 0 Å². The zero-order chi connectivity index (χ0) is 44.4. The van der Waals surface area contributed by atoms with E-state index in [-0.39, 0.29) is 70.2 Å². The molecule has 6 aromatic rings. The summed E-state index contributed by atoms with van der Waals surface area (Å²) in [5.74, 6) is -0.561. The third-order valence-electron chi connectivity index (χ3n) is 8.17. The van der Waals surface area contributed by atoms with Crippen LogP contribution in [0.4, 0.5) is 0 Å². The monoisotopic (exact) mass is 856 g/mol. The highest BCUT2D eigenvalue weighted by atomic mass is 35.5. The summed E-state index contributed by atoms with van der Waals surface area (Å²) < 4.78 is 15.0. The largest absolute Gasteiger partial charge is 1.00 e. The maximum absolute atomic E-state index is 12.1. The molecule has 0 bridgehead atoms. The minimum absolute atomic E-state index is 0. The molecular weight excluding hydrogens is 812 g/mol. The number of hydrogen-bond donors (Lipinski definition) is 10. The van der Waals surface area contributed by atoms with Crippen LogP contribution in [0.1, 0.15) is 32.6 Å². The second-order valence-electron chi connectivity index (χ2n) is 12.6. The molecule has 6 rings (SSSR count). The zero-order valence-electron chi connectivity index (χ0n) is 33.2. The molecule has 0 aliphatic heterocycles. The molecule has 320 valence electrons. The Morgan fingerprint density at radius 2 is 0.787 bits per heavy atom. The fourth-order valence-electron chi connectivity index (χ4n) is 5.29. The minimum Gasteiger partial charge on any atom is -1.00 e. The van der Waals surface area contributed by atoms with E-state index in [0.29, 0.717) is 24.3 Å². The molecule has 61 heavy (non-hydrogen) atoms. The van der Waals surface area contributed by atoms with Gasteiger partial charge in [-0.2, -0.15) is 5.26 Å². The average Bonchev–Trinajstić information content (AvgIpc) is 3.18. The van der Waals surface area contributed by atoms with Crippen molar-refractivity contribution in [3.05, 3.63) is 143 Å². The van der Waals surface area contributed by atoms with E-state index in [1.807, 2.05) is 36.4 Å². The van der Waals surface area contributed by atoms with Gasteiger partial charge in [-0.15, -0.1) is 0 Å². The van der Waals surface area contributed by atoms with Gasteiger partial charge < -0.3 is 72.6 Å². The fraction of sp³-hybridized carbons (Fsp3) is 0.133. The number of methoxy groups -OCH3 is 3. The first-order valence-electron chi connectivity index (χ1n) is 17.7. The number of Topliss-reactive ketones (excluding diaryl/α,β-unsaturated/α-hetero) is 1. The summed E-state index contributed by atoms with van der Waals surface area (Å²) in [5.41, 5.74) is 2.91. The summed E-state index contributed by atoms with van der Waals surface area (Å²) in [6.45, 7) is 0. The summed E-state index contributed by atoms with van der Waals surface area (Å²) in [6.07, 6.45) is 0.843. The Hall–Kier alpha value is -7.96. The lowest BCUT2D eigenvalue weighted by atomic mass is 10.0. The van der Waals surface area contributed by atoms with Crippen LogP contribution >= 0.6 is 0 Å². The van der Waals surface area contributed by atoms with Crippen LogP contribution in [0.5, 0.6) is 69.0 Å². The van der Waals surface area contributed by atoms with Crippen molar-refractivity contribution >= 4 is 11.5 Å². The van der Waals surface area contributed by atoms with Crippen LogP contribution in [0, 0.1) is 11.3 Å². The highest BCUT2D eigenvalue weighted by molar-refractivity contribution is 6.03. The maximum Gasteiger partial charge on any atom is 0.192 e. The highest BCUT2D eigenvalue weighted by Crippen LogP contribution is 2.34. The van der Waals surface area contributed by atoms with Gasteiger partial charge in [0.05, 0.1) is 40.2 Å². The third-order valence-corrected chi connectivity index (χ3v) is 8.17. The van der Waals surface area contributed by atoms with Gasteiger partial charge in [0.25, 0.3) is 0 Å². The lowest BCUT2D eigenvalue weighted by molar-refractivity contribution is -0.114. The first-order chi connectivity index (χ1) is 28.6. The van der Waals surface area contributed by atoms with Crippen LogP contribution in [-0.4, -0.2) is 78.8 Å². The van der Waals surface area contributed by atoms with E-state index in [4.69, 9.17) is 40.2 Å². The maximum atomic E-state index is 12.1. The standard InChI is InChI=1S/C15H15NO4.C15H14O5.C9H9NO.C6H6O3.ClH/c1-20-11-4-2-9(3-5-11)6-12(16)15-13(18)7-10(17)8-14(15)19;1-20-11-4-2-9(3-5-11)6-12(17)15-13(18)7-10(16)8-14(15)19;1-11-9-4-2-8(3-5-9)6-7-10;7-4-1-5(8)3-6(9)2-4;/h2-5,7-8,16-19H,6H2,1H3;2-5,7-8,16,18-19H,6H2,1H3;2-5H,6H2,1H3;1-3,7-9H;1H. The molecule has 0 heterocycles. The van der Waals surface area contributed by atoms with Crippen molar-refractivity contribution < 1.29 is 82.8 Å². The van der Waals surface area contributed by atoms with Crippen molar-refractivity contribution in [2.75, 3.05) is 21.3 Å². The van der Waals surface area contributed by atoms with Crippen molar-refractivity contribution in [2.45, 2.75) is 19.3 Å². The number of phenols is 9. The van der Waals surface area contributed by atoms with Gasteiger partial charge >= 0.3 is 0 Å². The first-order valence-corrected chi connectivity index (χ1v) is 17.7. The molecule has 0 radical (unpaired) electrons. The molecule has 0 fully saturated rings. The SMILES string of the molecule is COc1ccc(CC#N)cc1.COc1ccc(CC(=O)c2c(O)cc(O)cc2O)cc1.COc1ccc(CC(=[NH2+])c2c(O)cc(O)cc2O)cc1.Oc1cc(O)cc(O)c1.[Cl-]. The number of nitriles is 1. The molecule has 0 aliphatic carbocycles. The Balaban J connectivity index is 0.000000293. The Morgan fingerprint density at radius 3 is 1.11 bits per heavy atom. The molecule has 6 aromatic carbocycles. The fourth-order valence-corrected chi connectivity index (χ4v) is 5.29. The number of nitrogens with two attached hydrogens (primary N) is 1. The smallest absolute Gasteiger partial charge is 0.192 e. The Labute approximate surface area is 357 Å². The molecule has 0 spiro atoms. The molecule has 0 aromatic heterocycles. The lowest BCUT2D eigenvalue weighted by Crippen LogP contribution is -3.00. The lowest BCUT2D eigenvalue weighted by Gasteiger charge is -2.08. The number of nitrogens with zero attached hydrogens (tertiary/aromatic N) is 1. The highest BCUT2D eigenvalue weighted by Gasteiger charge is 2.20. The van der Waals surface area contributed by atoms with Crippen LogP contribution < -0.4 is 32.0 Å². The van der Waals surface area contributed by atoms with E-state index >= 15 is 0 Å². The van der Waals surface area contributed by atoms with Crippen molar-refractivity contribution in [3.8, 4) is 75.1 Å². The number of ether oxygens (including phenoxy) is 3. The molecule has 0 atom stereocenters. The van der Waals surface area contributed by atoms with Crippen molar-refractivity contribution in [3.63, 3.8) is 0 Å². The Bertz CT molecular complexity index is 2190. The molecule has 15 nitrogen and oxygen atoms in total. The number of benzene rings is 6. The predicted molar refractivity (Wildman–Crippen MR) is 220 cm³/mol. The predicted octanol–water partition coefficient (Wildman–Crippen LogP) is 2.41. The van der Waals surface area contributed by atoms with Gasteiger partial charge in [-0.3, -0.25) is 10.2 Å². The number of aromatic hydroxyl groups is 9. The second kappa shape index (κ2) is 24.1. The van der Waals surface area contributed by atoms with E-state index in [9.17, 15) is 35.4 Å². The Kier molecular flexibility index (Phi) is 19.4. The molecular formula is C45H45ClN2O13. The Morgan fingerprint density at radius 1 is 0.492 bits per heavy atom. The third kappa shape index (κ3) is 15.7. The number of ketones is 1. The quantitative estimate of drug-likeness (QED) is 0.0701. The molecule has 0 unspecified atom stereocenters. The molecule has 0 amide bonds. The second-order valence-corrected chi connectivity index (χ2v) is 12.6. The van der Waals surface area contributed by atoms with Gasteiger partial charge in [0.15, 0.2) is 11.5 Å².